The van der Waals surface area contributed by atoms with Crippen molar-refractivity contribution in [1.82, 2.24) is 4.90 Å². The molecule has 2 amide bonds. The van der Waals surface area contributed by atoms with Crippen molar-refractivity contribution < 1.29 is 24.0 Å². The first kappa shape index (κ1) is 24.9. The van der Waals surface area contributed by atoms with Crippen LogP contribution in [0.3, 0.4) is 0 Å². The number of rotatable bonds is 8. The molecule has 1 fully saturated rings. The molecule has 0 bridgehead atoms. The maximum Gasteiger partial charge on any atom is 0.338 e. The van der Waals surface area contributed by atoms with E-state index in [1.54, 1.807) is 51.1 Å². The fraction of sp³-hybridized carbons (Fsp3) is 0.304. The van der Waals surface area contributed by atoms with Crippen molar-refractivity contribution in [3.63, 3.8) is 0 Å². The van der Waals surface area contributed by atoms with Gasteiger partial charge in [0.25, 0.3) is 5.69 Å². The van der Waals surface area contributed by atoms with E-state index in [2.05, 4.69) is 10.3 Å². The summed E-state index contributed by atoms with van der Waals surface area (Å²) in [5.41, 5.74) is 1.90. The van der Waals surface area contributed by atoms with E-state index in [0.29, 0.717) is 28.7 Å². The molecule has 0 radical (unpaired) electrons. The van der Waals surface area contributed by atoms with E-state index in [1.807, 2.05) is 0 Å². The van der Waals surface area contributed by atoms with Gasteiger partial charge in [-0.25, -0.2) is 9.79 Å². The van der Waals surface area contributed by atoms with Gasteiger partial charge in [0.1, 0.15) is 5.25 Å². The molecule has 1 atom stereocenters. The van der Waals surface area contributed by atoms with Gasteiger partial charge >= 0.3 is 5.97 Å². The number of nitrogens with zero attached hydrogens (tertiary/aromatic N) is 3. The second-order valence-electron chi connectivity index (χ2n) is 7.36. The molecule has 10 nitrogen and oxygen atoms in total. The van der Waals surface area contributed by atoms with Crippen LogP contribution in [0.5, 0.6) is 0 Å². The summed E-state index contributed by atoms with van der Waals surface area (Å²) >= 11 is 1.15. The first-order chi connectivity index (χ1) is 16.2. The van der Waals surface area contributed by atoms with Crippen LogP contribution in [0.15, 0.2) is 47.5 Å². The molecular formula is C23H24N4O6S. The first-order valence-electron chi connectivity index (χ1n) is 10.6. The van der Waals surface area contributed by atoms with E-state index in [-0.39, 0.29) is 30.5 Å². The largest absolute Gasteiger partial charge is 0.462 e. The molecule has 178 valence electrons. The molecular weight excluding hydrogens is 460 g/mol. The Morgan fingerprint density at radius 2 is 1.91 bits per heavy atom. The van der Waals surface area contributed by atoms with Gasteiger partial charge in [-0.2, -0.15) is 0 Å². The van der Waals surface area contributed by atoms with Gasteiger partial charge in [0.15, 0.2) is 5.17 Å². The van der Waals surface area contributed by atoms with Crippen LogP contribution in [-0.2, 0) is 14.3 Å². The number of carbonyl (C=O) groups is 3. The maximum atomic E-state index is 12.9. The summed E-state index contributed by atoms with van der Waals surface area (Å²) in [5.74, 6) is -1.06. The van der Waals surface area contributed by atoms with Crippen LogP contribution in [0.1, 0.15) is 36.2 Å². The Balaban J connectivity index is 1.70. The summed E-state index contributed by atoms with van der Waals surface area (Å²) in [4.78, 5) is 53.7. The predicted octanol–water partition coefficient (Wildman–Crippen LogP) is 4.06. The third kappa shape index (κ3) is 5.79. The molecule has 34 heavy (non-hydrogen) atoms. The van der Waals surface area contributed by atoms with Gasteiger partial charge in [-0.1, -0.05) is 17.8 Å². The number of thioether (sulfide) groups is 1. The molecule has 1 N–H and O–H groups in total. The standard InChI is InChI=1S/C23H24N4O6S/c1-4-26-21(29)19(34-23(26)25-18-12-17(27(31)32)11-6-14(18)3)13-20(28)24-16-9-7-15(8-10-16)22(30)33-5-2/h6-12,19H,4-5,13H2,1-3H3,(H,24,28). The number of amidine groups is 1. The van der Waals surface area contributed by atoms with Crippen molar-refractivity contribution in [2.45, 2.75) is 32.4 Å². The monoisotopic (exact) mass is 484 g/mol. The summed E-state index contributed by atoms with van der Waals surface area (Å²) in [6.45, 7) is 5.91. The van der Waals surface area contributed by atoms with Crippen molar-refractivity contribution in [3.8, 4) is 0 Å². The lowest BCUT2D eigenvalue weighted by Gasteiger charge is -2.13. The SMILES string of the molecule is CCOC(=O)c1ccc(NC(=O)CC2SC(=Nc3cc([N+](=O)[O-])ccc3C)N(CC)C2=O)cc1. The minimum atomic E-state index is -0.670. The number of nitro groups is 1. The summed E-state index contributed by atoms with van der Waals surface area (Å²) < 4.78 is 4.93. The molecule has 0 spiro atoms. The second kappa shape index (κ2) is 10.9. The lowest BCUT2D eigenvalue weighted by Crippen LogP contribution is -2.33. The van der Waals surface area contributed by atoms with Gasteiger partial charge in [0.2, 0.25) is 11.8 Å². The predicted molar refractivity (Wildman–Crippen MR) is 129 cm³/mol. The van der Waals surface area contributed by atoms with Crippen LogP contribution in [0.25, 0.3) is 0 Å². The van der Waals surface area contributed by atoms with E-state index in [9.17, 15) is 24.5 Å². The average Bonchev–Trinajstić information content (AvgIpc) is 3.09. The highest BCUT2D eigenvalue weighted by Crippen LogP contribution is 2.33. The number of nitro benzene ring substituents is 1. The van der Waals surface area contributed by atoms with Gasteiger partial charge in [-0.05, 0) is 50.6 Å². The lowest BCUT2D eigenvalue weighted by atomic mass is 10.2. The van der Waals surface area contributed by atoms with Crippen LogP contribution in [0.4, 0.5) is 17.1 Å². The van der Waals surface area contributed by atoms with E-state index in [1.165, 1.54) is 17.0 Å². The molecule has 1 aliphatic rings. The van der Waals surface area contributed by atoms with Crippen LogP contribution in [0.2, 0.25) is 0 Å². The molecule has 1 aliphatic heterocycles. The van der Waals surface area contributed by atoms with Gasteiger partial charge in [0.05, 0.1) is 22.8 Å². The van der Waals surface area contributed by atoms with Gasteiger partial charge in [-0.3, -0.25) is 24.6 Å². The van der Waals surface area contributed by atoms with Crippen molar-refractivity contribution in [2.75, 3.05) is 18.5 Å². The molecule has 2 aromatic carbocycles. The smallest absolute Gasteiger partial charge is 0.338 e. The van der Waals surface area contributed by atoms with Crippen molar-refractivity contribution >= 4 is 51.8 Å². The highest BCUT2D eigenvalue weighted by Gasteiger charge is 2.38. The fourth-order valence-corrected chi connectivity index (χ4v) is 4.45. The summed E-state index contributed by atoms with van der Waals surface area (Å²) in [5, 5.41) is 13.5. The van der Waals surface area contributed by atoms with Crippen LogP contribution >= 0.6 is 11.8 Å². The quantitative estimate of drug-likeness (QED) is 0.339. The normalized spacial score (nSPS) is 16.6. The van der Waals surface area contributed by atoms with Gasteiger partial charge in [-0.15, -0.1) is 0 Å². The Morgan fingerprint density at radius 3 is 2.53 bits per heavy atom. The number of carbonyl (C=O) groups excluding carboxylic acids is 3. The number of nitrogens with one attached hydrogen (secondary N) is 1. The number of ether oxygens (including phenoxy) is 1. The number of anilines is 1. The zero-order valence-corrected chi connectivity index (χ0v) is 19.8. The average molecular weight is 485 g/mol. The zero-order valence-electron chi connectivity index (χ0n) is 18.9. The van der Waals surface area contributed by atoms with Crippen LogP contribution in [-0.4, -0.2) is 51.2 Å². The number of hydrogen-bond acceptors (Lipinski definition) is 8. The van der Waals surface area contributed by atoms with E-state index >= 15 is 0 Å². The van der Waals surface area contributed by atoms with Gasteiger partial charge < -0.3 is 10.1 Å². The van der Waals surface area contributed by atoms with Crippen LogP contribution < -0.4 is 5.32 Å². The molecule has 3 rings (SSSR count). The Hall–Kier alpha value is -3.73. The lowest BCUT2D eigenvalue weighted by molar-refractivity contribution is -0.384. The van der Waals surface area contributed by atoms with E-state index in [4.69, 9.17) is 4.74 Å². The number of aryl methyl sites for hydroxylation is 1. The van der Waals surface area contributed by atoms with E-state index in [0.717, 1.165) is 17.3 Å². The number of amides is 2. The third-order valence-corrected chi connectivity index (χ3v) is 6.18. The fourth-order valence-electron chi connectivity index (χ4n) is 3.24. The number of benzene rings is 2. The molecule has 0 aliphatic carbocycles. The highest BCUT2D eigenvalue weighted by atomic mass is 32.2. The molecule has 11 heteroatoms. The number of hydrogen-bond donors (Lipinski definition) is 1. The first-order valence-corrected chi connectivity index (χ1v) is 11.5. The zero-order chi connectivity index (χ0) is 24.8. The van der Waals surface area contributed by atoms with Gasteiger partial charge in [0, 0.05) is 30.8 Å². The second-order valence-corrected chi connectivity index (χ2v) is 8.53. The summed E-state index contributed by atoms with van der Waals surface area (Å²) in [6.07, 6.45) is -0.0768. The molecule has 2 aromatic rings. The Morgan fingerprint density at radius 1 is 1.21 bits per heavy atom. The topological polar surface area (TPSA) is 131 Å². The van der Waals surface area contributed by atoms with Crippen LogP contribution in [0, 0.1) is 17.0 Å². The Labute approximate surface area is 200 Å². The summed E-state index contributed by atoms with van der Waals surface area (Å²) in [7, 11) is 0. The maximum absolute atomic E-state index is 12.9. The van der Waals surface area contributed by atoms with Crippen molar-refractivity contribution in [2.24, 2.45) is 4.99 Å². The minimum absolute atomic E-state index is 0.0768. The molecule has 1 saturated heterocycles. The molecule has 0 saturated carbocycles. The minimum Gasteiger partial charge on any atom is -0.462 e. The molecule has 1 unspecified atom stereocenters. The Bertz CT molecular complexity index is 1150. The Kier molecular flexibility index (Phi) is 8.00. The number of aliphatic imine (C=N–C) groups is 1. The molecule has 1 heterocycles. The highest BCUT2D eigenvalue weighted by molar-refractivity contribution is 8.15. The van der Waals surface area contributed by atoms with Crippen molar-refractivity contribution in [3.05, 3.63) is 63.7 Å². The number of esters is 1. The number of non-ortho nitro benzene ring substituents is 1. The van der Waals surface area contributed by atoms with Crippen molar-refractivity contribution in [1.29, 1.82) is 0 Å². The molecule has 0 aromatic heterocycles. The summed E-state index contributed by atoms with van der Waals surface area (Å²) in [6, 6.07) is 10.6. The van der Waals surface area contributed by atoms with E-state index < -0.39 is 16.1 Å². The third-order valence-electron chi connectivity index (χ3n) is 5.01.